The molecule has 0 spiro atoms. The third-order valence-corrected chi connectivity index (χ3v) is 4.62. The minimum atomic E-state index is -0.0889. The van der Waals surface area contributed by atoms with E-state index in [-0.39, 0.29) is 12.3 Å². The Morgan fingerprint density at radius 3 is 2.86 bits per heavy atom. The number of fused-ring (bicyclic) bond motifs is 1. The van der Waals surface area contributed by atoms with Crippen LogP contribution < -0.4 is 5.32 Å². The van der Waals surface area contributed by atoms with Crippen molar-refractivity contribution in [3.63, 3.8) is 0 Å². The highest BCUT2D eigenvalue weighted by Crippen LogP contribution is 2.23. The standard InChI is InChI=1S/C20H21N5O3/c1-3-25-16-7-5-4-6-15(16)22-17(25)12-21-18(26)8-9-19-23-24-20(28-19)14-10-11-27-13(14)2/h4-7,10-11H,3,8-9,12H2,1-2H3,(H,21,26). The fraction of sp³-hybridized carbons (Fsp3) is 0.300. The van der Waals surface area contributed by atoms with Gasteiger partial charge in [0, 0.05) is 19.4 Å². The number of amides is 1. The average molecular weight is 379 g/mol. The first-order valence-electron chi connectivity index (χ1n) is 9.23. The minimum absolute atomic E-state index is 0.0889. The van der Waals surface area contributed by atoms with Crippen molar-refractivity contribution in [1.82, 2.24) is 25.1 Å². The predicted molar refractivity (Wildman–Crippen MR) is 102 cm³/mol. The number of nitrogens with zero attached hydrogens (tertiary/aromatic N) is 4. The van der Waals surface area contributed by atoms with E-state index >= 15 is 0 Å². The van der Waals surface area contributed by atoms with Crippen molar-refractivity contribution in [3.05, 3.63) is 54.1 Å². The summed E-state index contributed by atoms with van der Waals surface area (Å²) >= 11 is 0. The number of rotatable bonds is 7. The highest BCUT2D eigenvalue weighted by Gasteiger charge is 2.14. The lowest BCUT2D eigenvalue weighted by Gasteiger charge is -2.07. The lowest BCUT2D eigenvalue weighted by molar-refractivity contribution is -0.121. The molecule has 4 aromatic rings. The number of furan rings is 1. The van der Waals surface area contributed by atoms with Crippen molar-refractivity contribution < 1.29 is 13.6 Å². The summed E-state index contributed by atoms with van der Waals surface area (Å²) < 4.78 is 13.0. The SMILES string of the molecule is CCn1c(CNC(=O)CCc2nnc(-c3ccoc3C)o2)nc2ccccc21. The molecule has 0 radical (unpaired) electrons. The van der Waals surface area contributed by atoms with Gasteiger partial charge in [0.05, 0.1) is 29.4 Å². The Morgan fingerprint density at radius 1 is 1.21 bits per heavy atom. The largest absolute Gasteiger partial charge is 0.469 e. The normalized spacial score (nSPS) is 11.2. The van der Waals surface area contributed by atoms with E-state index in [4.69, 9.17) is 8.83 Å². The Balaban J connectivity index is 1.34. The van der Waals surface area contributed by atoms with E-state index in [0.29, 0.717) is 30.5 Å². The molecule has 0 saturated carbocycles. The molecule has 8 heteroatoms. The fourth-order valence-corrected chi connectivity index (χ4v) is 3.17. The van der Waals surface area contributed by atoms with Gasteiger partial charge >= 0.3 is 0 Å². The predicted octanol–water partition coefficient (Wildman–Crippen LogP) is 3.26. The molecule has 0 aliphatic heterocycles. The van der Waals surface area contributed by atoms with Crippen LogP contribution in [-0.2, 0) is 24.3 Å². The second kappa shape index (κ2) is 7.67. The Hall–Kier alpha value is -3.42. The molecule has 0 aliphatic carbocycles. The van der Waals surface area contributed by atoms with E-state index < -0.39 is 0 Å². The molecule has 4 rings (SSSR count). The molecule has 0 fully saturated rings. The summed E-state index contributed by atoms with van der Waals surface area (Å²) in [5.41, 5.74) is 2.77. The van der Waals surface area contributed by atoms with Gasteiger partial charge in [-0.15, -0.1) is 10.2 Å². The number of para-hydroxylation sites is 2. The maximum Gasteiger partial charge on any atom is 0.251 e. The average Bonchev–Trinajstić information content (AvgIpc) is 3.42. The van der Waals surface area contributed by atoms with E-state index in [2.05, 4.69) is 32.0 Å². The van der Waals surface area contributed by atoms with Crippen molar-refractivity contribution in [1.29, 1.82) is 0 Å². The van der Waals surface area contributed by atoms with Crippen molar-refractivity contribution in [3.8, 4) is 11.5 Å². The number of carbonyl (C=O) groups excluding carboxylic acids is 1. The zero-order valence-corrected chi connectivity index (χ0v) is 15.8. The first kappa shape index (κ1) is 18.0. The molecule has 0 unspecified atom stereocenters. The maximum absolute atomic E-state index is 12.2. The Kier molecular flexibility index (Phi) is 4.92. The highest BCUT2D eigenvalue weighted by molar-refractivity contribution is 5.77. The molecule has 1 N–H and O–H groups in total. The van der Waals surface area contributed by atoms with Gasteiger partial charge in [-0.25, -0.2) is 4.98 Å². The Morgan fingerprint density at radius 2 is 2.07 bits per heavy atom. The maximum atomic E-state index is 12.2. The summed E-state index contributed by atoms with van der Waals surface area (Å²) in [5.74, 6) is 2.29. The molecule has 1 aromatic carbocycles. The molecule has 0 atom stereocenters. The Bertz CT molecular complexity index is 1110. The van der Waals surface area contributed by atoms with Crippen molar-refractivity contribution in [2.75, 3.05) is 0 Å². The number of hydrogen-bond donors (Lipinski definition) is 1. The van der Waals surface area contributed by atoms with Gasteiger partial charge in [0.1, 0.15) is 11.6 Å². The van der Waals surface area contributed by atoms with Crippen LogP contribution >= 0.6 is 0 Å². The van der Waals surface area contributed by atoms with E-state index in [9.17, 15) is 4.79 Å². The molecule has 8 nitrogen and oxygen atoms in total. The molecule has 0 saturated heterocycles. The molecular weight excluding hydrogens is 358 g/mol. The van der Waals surface area contributed by atoms with Crippen LogP contribution in [0.4, 0.5) is 0 Å². The lowest BCUT2D eigenvalue weighted by atomic mass is 10.2. The number of aromatic nitrogens is 4. The van der Waals surface area contributed by atoms with Gasteiger partial charge in [0.2, 0.25) is 11.8 Å². The molecule has 3 aromatic heterocycles. The third kappa shape index (κ3) is 3.53. The van der Waals surface area contributed by atoms with E-state index in [0.717, 1.165) is 29.0 Å². The van der Waals surface area contributed by atoms with Crippen molar-refractivity contribution >= 4 is 16.9 Å². The number of aryl methyl sites for hydroxylation is 3. The monoisotopic (exact) mass is 379 g/mol. The smallest absolute Gasteiger partial charge is 0.251 e. The minimum Gasteiger partial charge on any atom is -0.469 e. The second-order valence-corrected chi connectivity index (χ2v) is 6.43. The van der Waals surface area contributed by atoms with Crippen molar-refractivity contribution in [2.24, 2.45) is 0 Å². The van der Waals surface area contributed by atoms with Gasteiger partial charge in [0.25, 0.3) is 5.89 Å². The van der Waals surface area contributed by atoms with Gasteiger partial charge in [0.15, 0.2) is 0 Å². The molecular formula is C20H21N5O3. The number of carbonyl (C=O) groups is 1. The summed E-state index contributed by atoms with van der Waals surface area (Å²) in [5, 5.41) is 10.9. The summed E-state index contributed by atoms with van der Waals surface area (Å²) in [6.45, 7) is 5.07. The quantitative estimate of drug-likeness (QED) is 0.529. The summed E-state index contributed by atoms with van der Waals surface area (Å²) in [7, 11) is 0. The van der Waals surface area contributed by atoms with Crippen LogP contribution in [0.15, 0.2) is 45.4 Å². The zero-order chi connectivity index (χ0) is 19.5. The van der Waals surface area contributed by atoms with Crippen LogP contribution in [0.1, 0.15) is 30.8 Å². The van der Waals surface area contributed by atoms with E-state index in [1.54, 1.807) is 12.3 Å². The summed E-state index contributed by atoms with van der Waals surface area (Å²) in [4.78, 5) is 16.9. The summed E-state index contributed by atoms with van der Waals surface area (Å²) in [6, 6.07) is 9.73. The molecule has 144 valence electrons. The molecule has 0 aliphatic rings. The lowest BCUT2D eigenvalue weighted by Crippen LogP contribution is -2.25. The van der Waals surface area contributed by atoms with E-state index in [1.165, 1.54) is 0 Å². The van der Waals surface area contributed by atoms with Gasteiger partial charge in [-0.3, -0.25) is 4.79 Å². The second-order valence-electron chi connectivity index (χ2n) is 6.43. The van der Waals surface area contributed by atoms with Crippen LogP contribution in [0.3, 0.4) is 0 Å². The number of imidazole rings is 1. The van der Waals surface area contributed by atoms with Crippen molar-refractivity contribution in [2.45, 2.75) is 39.8 Å². The van der Waals surface area contributed by atoms with Crippen LogP contribution in [-0.4, -0.2) is 25.7 Å². The number of hydrogen-bond acceptors (Lipinski definition) is 6. The topological polar surface area (TPSA) is 99.0 Å². The van der Waals surface area contributed by atoms with Crippen LogP contribution in [0, 0.1) is 6.92 Å². The number of nitrogens with one attached hydrogen (secondary N) is 1. The molecule has 28 heavy (non-hydrogen) atoms. The van der Waals surface area contributed by atoms with Gasteiger partial charge in [-0.2, -0.15) is 0 Å². The summed E-state index contributed by atoms with van der Waals surface area (Å²) in [6.07, 6.45) is 2.21. The highest BCUT2D eigenvalue weighted by atomic mass is 16.4. The van der Waals surface area contributed by atoms with Gasteiger partial charge < -0.3 is 18.7 Å². The third-order valence-electron chi connectivity index (χ3n) is 4.62. The molecule has 3 heterocycles. The van der Waals surface area contributed by atoms with Gasteiger partial charge in [-0.05, 0) is 32.0 Å². The van der Waals surface area contributed by atoms with Gasteiger partial charge in [-0.1, -0.05) is 12.1 Å². The Labute approximate surface area is 161 Å². The first-order chi connectivity index (χ1) is 13.7. The molecule has 0 bridgehead atoms. The fourth-order valence-electron chi connectivity index (χ4n) is 3.17. The van der Waals surface area contributed by atoms with Crippen LogP contribution in [0.2, 0.25) is 0 Å². The first-order valence-corrected chi connectivity index (χ1v) is 9.23. The molecule has 1 amide bonds. The van der Waals surface area contributed by atoms with Crippen LogP contribution in [0.25, 0.3) is 22.5 Å². The van der Waals surface area contributed by atoms with Crippen LogP contribution in [0.5, 0.6) is 0 Å². The number of benzene rings is 1. The zero-order valence-electron chi connectivity index (χ0n) is 15.8. The van der Waals surface area contributed by atoms with E-state index in [1.807, 2.05) is 31.2 Å².